The molecule has 4 nitrogen and oxygen atoms in total. The number of piperidine rings is 1. The SMILES string of the molecule is Cc1ccc(-n2nc(-c3ccccc3Cl)cc2C(=O)N2CCCCC2)c(C)c1. The van der Waals surface area contributed by atoms with E-state index in [2.05, 4.69) is 13.0 Å². The van der Waals surface area contributed by atoms with Crippen LogP contribution in [0.5, 0.6) is 0 Å². The monoisotopic (exact) mass is 393 g/mol. The van der Waals surface area contributed by atoms with Crippen molar-refractivity contribution in [3.8, 4) is 16.9 Å². The maximum atomic E-state index is 13.3. The fourth-order valence-electron chi connectivity index (χ4n) is 3.82. The molecule has 2 heterocycles. The van der Waals surface area contributed by atoms with Crippen LogP contribution in [0.25, 0.3) is 16.9 Å². The molecule has 2 aromatic carbocycles. The predicted molar refractivity (Wildman–Crippen MR) is 113 cm³/mol. The van der Waals surface area contributed by atoms with Gasteiger partial charge < -0.3 is 4.90 Å². The molecule has 1 fully saturated rings. The number of nitrogens with zero attached hydrogens (tertiary/aromatic N) is 3. The Labute approximate surface area is 170 Å². The summed E-state index contributed by atoms with van der Waals surface area (Å²) in [5.41, 5.74) is 5.32. The summed E-state index contributed by atoms with van der Waals surface area (Å²) in [5.74, 6) is 0.0329. The number of hydrogen-bond acceptors (Lipinski definition) is 2. The largest absolute Gasteiger partial charge is 0.337 e. The third-order valence-electron chi connectivity index (χ3n) is 5.30. The van der Waals surface area contributed by atoms with Gasteiger partial charge in [-0.15, -0.1) is 0 Å². The molecule has 1 aliphatic heterocycles. The van der Waals surface area contributed by atoms with E-state index in [1.165, 1.54) is 12.0 Å². The minimum Gasteiger partial charge on any atom is -0.337 e. The number of carbonyl (C=O) groups excluding carboxylic acids is 1. The van der Waals surface area contributed by atoms with Gasteiger partial charge in [0.15, 0.2) is 0 Å². The fraction of sp³-hybridized carbons (Fsp3) is 0.304. The van der Waals surface area contributed by atoms with Crippen molar-refractivity contribution in [1.82, 2.24) is 14.7 Å². The van der Waals surface area contributed by atoms with Crippen LogP contribution in [0.1, 0.15) is 40.9 Å². The summed E-state index contributed by atoms with van der Waals surface area (Å²) in [4.78, 5) is 15.3. The average Bonchev–Trinajstić information content (AvgIpc) is 3.13. The maximum Gasteiger partial charge on any atom is 0.272 e. The lowest BCUT2D eigenvalue weighted by Crippen LogP contribution is -2.36. The Morgan fingerprint density at radius 2 is 1.75 bits per heavy atom. The summed E-state index contributed by atoms with van der Waals surface area (Å²) in [5, 5.41) is 5.43. The molecule has 0 unspecified atom stereocenters. The van der Waals surface area contributed by atoms with Gasteiger partial charge in [0, 0.05) is 18.7 Å². The first-order chi connectivity index (χ1) is 13.5. The van der Waals surface area contributed by atoms with E-state index in [1.54, 1.807) is 4.68 Å². The van der Waals surface area contributed by atoms with Gasteiger partial charge in [0.2, 0.25) is 0 Å². The van der Waals surface area contributed by atoms with E-state index in [-0.39, 0.29) is 5.91 Å². The zero-order valence-corrected chi connectivity index (χ0v) is 17.0. The van der Waals surface area contributed by atoms with E-state index in [4.69, 9.17) is 16.7 Å². The van der Waals surface area contributed by atoms with Gasteiger partial charge in [0.1, 0.15) is 5.69 Å². The molecular weight excluding hydrogens is 370 g/mol. The second-order valence-corrected chi connectivity index (χ2v) is 7.86. The molecule has 3 aromatic rings. The maximum absolute atomic E-state index is 13.3. The molecule has 4 rings (SSSR count). The van der Waals surface area contributed by atoms with Crippen LogP contribution in [0.3, 0.4) is 0 Å². The number of carbonyl (C=O) groups is 1. The Morgan fingerprint density at radius 3 is 2.46 bits per heavy atom. The van der Waals surface area contributed by atoms with Crippen molar-refractivity contribution in [2.24, 2.45) is 0 Å². The van der Waals surface area contributed by atoms with Crippen LogP contribution in [0.4, 0.5) is 0 Å². The summed E-state index contributed by atoms with van der Waals surface area (Å²) in [7, 11) is 0. The lowest BCUT2D eigenvalue weighted by atomic mass is 10.1. The second-order valence-electron chi connectivity index (χ2n) is 7.45. The van der Waals surface area contributed by atoms with Crippen LogP contribution >= 0.6 is 11.6 Å². The molecule has 0 radical (unpaired) electrons. The molecule has 144 valence electrons. The van der Waals surface area contributed by atoms with Crippen LogP contribution in [-0.4, -0.2) is 33.7 Å². The molecule has 1 aromatic heterocycles. The number of halogens is 1. The van der Waals surface area contributed by atoms with Crippen molar-refractivity contribution in [1.29, 1.82) is 0 Å². The molecule has 5 heteroatoms. The summed E-state index contributed by atoms with van der Waals surface area (Å²) in [6.07, 6.45) is 3.30. The molecule has 0 aliphatic carbocycles. The van der Waals surface area contributed by atoms with E-state index in [0.29, 0.717) is 16.4 Å². The van der Waals surface area contributed by atoms with Crippen molar-refractivity contribution in [2.45, 2.75) is 33.1 Å². The normalized spacial score (nSPS) is 14.3. The van der Waals surface area contributed by atoms with E-state index in [1.807, 2.05) is 54.3 Å². The first-order valence-electron chi connectivity index (χ1n) is 9.76. The Bertz CT molecular complexity index is 1020. The molecule has 0 N–H and O–H groups in total. The second kappa shape index (κ2) is 7.80. The van der Waals surface area contributed by atoms with E-state index < -0.39 is 0 Å². The number of rotatable bonds is 3. The number of benzene rings is 2. The zero-order valence-electron chi connectivity index (χ0n) is 16.3. The number of hydrogen-bond donors (Lipinski definition) is 0. The van der Waals surface area contributed by atoms with Gasteiger partial charge in [0.05, 0.1) is 16.4 Å². The van der Waals surface area contributed by atoms with Crippen molar-refractivity contribution >= 4 is 17.5 Å². The van der Waals surface area contributed by atoms with Gasteiger partial charge >= 0.3 is 0 Å². The molecule has 0 bridgehead atoms. The first-order valence-corrected chi connectivity index (χ1v) is 10.1. The summed E-state index contributed by atoms with van der Waals surface area (Å²) >= 11 is 6.40. The van der Waals surface area contributed by atoms with Crippen LogP contribution in [0.15, 0.2) is 48.5 Å². The quantitative estimate of drug-likeness (QED) is 0.594. The smallest absolute Gasteiger partial charge is 0.272 e. The van der Waals surface area contributed by atoms with Gasteiger partial charge in [-0.2, -0.15) is 5.10 Å². The van der Waals surface area contributed by atoms with Gasteiger partial charge in [-0.25, -0.2) is 4.68 Å². The van der Waals surface area contributed by atoms with Crippen LogP contribution in [0.2, 0.25) is 5.02 Å². The minimum absolute atomic E-state index is 0.0329. The molecule has 28 heavy (non-hydrogen) atoms. The number of aryl methyl sites for hydroxylation is 2. The molecule has 0 spiro atoms. The van der Waals surface area contributed by atoms with Crippen LogP contribution in [0, 0.1) is 13.8 Å². The first kappa shape index (κ1) is 18.8. The minimum atomic E-state index is 0.0329. The molecule has 1 aliphatic rings. The topological polar surface area (TPSA) is 38.1 Å². The molecule has 0 saturated carbocycles. The Morgan fingerprint density at radius 1 is 1.00 bits per heavy atom. The van der Waals surface area contributed by atoms with Gasteiger partial charge in [-0.1, -0.05) is 47.5 Å². The van der Waals surface area contributed by atoms with Crippen molar-refractivity contribution < 1.29 is 4.79 Å². The van der Waals surface area contributed by atoms with E-state index in [9.17, 15) is 4.79 Å². The lowest BCUT2D eigenvalue weighted by Gasteiger charge is -2.26. The summed E-state index contributed by atoms with van der Waals surface area (Å²) in [6, 6.07) is 15.7. The average molecular weight is 394 g/mol. The Hall–Kier alpha value is -2.59. The third-order valence-corrected chi connectivity index (χ3v) is 5.63. The van der Waals surface area contributed by atoms with Crippen LogP contribution in [-0.2, 0) is 0 Å². The number of likely N-dealkylation sites (tertiary alicyclic amines) is 1. The highest BCUT2D eigenvalue weighted by Crippen LogP contribution is 2.29. The van der Waals surface area contributed by atoms with Crippen molar-refractivity contribution in [3.05, 3.63) is 70.4 Å². The Balaban J connectivity index is 1.85. The summed E-state index contributed by atoms with van der Waals surface area (Å²) < 4.78 is 1.78. The third kappa shape index (κ3) is 3.57. The van der Waals surface area contributed by atoms with Crippen LogP contribution < -0.4 is 0 Å². The number of amides is 1. The van der Waals surface area contributed by atoms with Gasteiger partial charge in [-0.3, -0.25) is 4.79 Å². The standard InChI is InChI=1S/C23H24ClN3O/c1-16-10-11-21(17(2)14-16)27-22(23(28)26-12-6-3-7-13-26)15-20(25-27)18-8-4-5-9-19(18)24/h4-5,8-11,14-15H,3,6-7,12-13H2,1-2H3. The van der Waals surface area contributed by atoms with E-state index >= 15 is 0 Å². The van der Waals surface area contributed by atoms with Gasteiger partial charge in [0.25, 0.3) is 5.91 Å². The highest BCUT2D eigenvalue weighted by atomic mass is 35.5. The molecule has 1 amide bonds. The summed E-state index contributed by atoms with van der Waals surface area (Å²) in [6.45, 7) is 5.72. The fourth-order valence-corrected chi connectivity index (χ4v) is 4.05. The number of aromatic nitrogens is 2. The van der Waals surface area contributed by atoms with Gasteiger partial charge in [-0.05, 0) is 56.9 Å². The zero-order chi connectivity index (χ0) is 19.7. The molecule has 0 atom stereocenters. The Kier molecular flexibility index (Phi) is 5.23. The lowest BCUT2D eigenvalue weighted by molar-refractivity contribution is 0.0715. The highest BCUT2D eigenvalue weighted by molar-refractivity contribution is 6.33. The highest BCUT2D eigenvalue weighted by Gasteiger charge is 2.25. The molecule has 1 saturated heterocycles. The predicted octanol–water partition coefficient (Wildman–Crippen LogP) is 5.44. The van der Waals surface area contributed by atoms with Crippen molar-refractivity contribution in [3.63, 3.8) is 0 Å². The van der Waals surface area contributed by atoms with Crippen molar-refractivity contribution in [2.75, 3.05) is 13.1 Å². The molecular formula is C23H24ClN3O. The van der Waals surface area contributed by atoms with E-state index in [0.717, 1.165) is 42.7 Å².